The molecular weight excluding hydrogens is 74.1 g/mol. The first-order valence-electron chi connectivity index (χ1n) is 2.34. The second kappa shape index (κ2) is 1.07. The summed E-state index contributed by atoms with van der Waals surface area (Å²) in [5.41, 5.74) is 0. The van der Waals surface area contributed by atoms with Crippen molar-refractivity contribution in [2.75, 3.05) is 0 Å². The molecule has 34 valence electrons. The Labute approximate surface area is 38.1 Å². The zero-order valence-electron chi connectivity index (χ0n) is 4.18. The summed E-state index contributed by atoms with van der Waals surface area (Å²) in [7, 11) is 0. The summed E-state index contributed by atoms with van der Waals surface area (Å²) in [5.74, 6) is 0.741. The zero-order valence-corrected chi connectivity index (χ0v) is 4.18. The van der Waals surface area contributed by atoms with Crippen LogP contribution in [0.15, 0.2) is 4.99 Å². The summed E-state index contributed by atoms with van der Waals surface area (Å²) < 4.78 is 0. The van der Waals surface area contributed by atoms with Crippen LogP contribution in [0.4, 0.5) is 0 Å². The topological polar surface area (TPSA) is 12.4 Å². The minimum Gasteiger partial charge on any atom is -0.293 e. The number of hydrogen-bond acceptors (Lipinski definition) is 1. The monoisotopic (exact) mass is 83.1 g/mol. The van der Waals surface area contributed by atoms with Crippen molar-refractivity contribution in [1.29, 1.82) is 0 Å². The van der Waals surface area contributed by atoms with Gasteiger partial charge in [-0.3, -0.25) is 4.99 Å². The van der Waals surface area contributed by atoms with E-state index in [4.69, 9.17) is 0 Å². The minimum absolute atomic E-state index is 0.602. The molecule has 1 nitrogen and oxygen atoms in total. The molecule has 0 saturated heterocycles. The van der Waals surface area contributed by atoms with E-state index in [1.54, 1.807) is 0 Å². The van der Waals surface area contributed by atoms with Crippen LogP contribution in [0.5, 0.6) is 0 Å². The van der Waals surface area contributed by atoms with Gasteiger partial charge in [0.1, 0.15) is 0 Å². The first-order chi connectivity index (χ1) is 2.80. The summed E-state index contributed by atoms with van der Waals surface area (Å²) in [5, 5.41) is 0. The lowest BCUT2D eigenvalue weighted by Gasteiger charge is -2.19. The standard InChI is InChI=1S/C5H9N/c1-4-3-6-5(4)2/h3-5H,1-2H3/t4?,5-/m1/s1. The van der Waals surface area contributed by atoms with E-state index in [0.717, 1.165) is 5.92 Å². The van der Waals surface area contributed by atoms with Crippen molar-refractivity contribution in [3.63, 3.8) is 0 Å². The van der Waals surface area contributed by atoms with Gasteiger partial charge in [0.15, 0.2) is 0 Å². The van der Waals surface area contributed by atoms with E-state index in [-0.39, 0.29) is 0 Å². The minimum atomic E-state index is 0.602. The molecule has 0 bridgehead atoms. The average molecular weight is 83.1 g/mol. The molecule has 6 heavy (non-hydrogen) atoms. The highest BCUT2D eigenvalue weighted by Crippen LogP contribution is 2.11. The number of rotatable bonds is 0. The van der Waals surface area contributed by atoms with Gasteiger partial charge in [0, 0.05) is 12.1 Å². The number of aliphatic imine (C=N–C) groups is 1. The Bertz CT molecular complexity index is 66.0. The Kier molecular flexibility index (Phi) is 0.685. The lowest BCUT2D eigenvalue weighted by Crippen LogP contribution is -2.22. The highest BCUT2D eigenvalue weighted by Gasteiger charge is 2.13. The Morgan fingerprint density at radius 3 is 2.00 bits per heavy atom. The van der Waals surface area contributed by atoms with E-state index >= 15 is 0 Å². The maximum absolute atomic E-state index is 4.03. The van der Waals surface area contributed by atoms with E-state index in [1.807, 2.05) is 6.21 Å². The van der Waals surface area contributed by atoms with Crippen LogP contribution in [0.2, 0.25) is 0 Å². The molecule has 1 heterocycles. The molecule has 0 radical (unpaired) electrons. The predicted molar refractivity (Wildman–Crippen MR) is 27.1 cm³/mol. The van der Waals surface area contributed by atoms with E-state index in [2.05, 4.69) is 18.8 Å². The first kappa shape index (κ1) is 3.85. The lowest BCUT2D eigenvalue weighted by molar-refractivity contribution is 0.569. The van der Waals surface area contributed by atoms with Gasteiger partial charge in [-0.15, -0.1) is 0 Å². The molecule has 0 saturated carbocycles. The van der Waals surface area contributed by atoms with Crippen molar-refractivity contribution >= 4 is 6.21 Å². The van der Waals surface area contributed by atoms with Gasteiger partial charge in [-0.05, 0) is 6.92 Å². The summed E-state index contributed by atoms with van der Waals surface area (Å²) in [6.07, 6.45) is 1.99. The molecule has 1 unspecified atom stereocenters. The highest BCUT2D eigenvalue weighted by atomic mass is 14.8. The average Bonchev–Trinajstić information content (AvgIpc) is 1.61. The summed E-state index contributed by atoms with van der Waals surface area (Å²) in [6, 6.07) is 0.602. The fourth-order valence-corrected chi connectivity index (χ4v) is 0.430. The lowest BCUT2D eigenvalue weighted by atomic mass is 10.0. The van der Waals surface area contributed by atoms with Gasteiger partial charge >= 0.3 is 0 Å². The third-order valence-electron chi connectivity index (χ3n) is 1.32. The van der Waals surface area contributed by atoms with E-state index in [1.165, 1.54) is 0 Å². The highest BCUT2D eigenvalue weighted by molar-refractivity contribution is 5.67. The molecule has 0 N–H and O–H groups in total. The molecular formula is C5H9N. The molecule has 1 rings (SSSR count). The van der Waals surface area contributed by atoms with Crippen LogP contribution >= 0.6 is 0 Å². The van der Waals surface area contributed by atoms with Gasteiger partial charge in [0.2, 0.25) is 0 Å². The maximum Gasteiger partial charge on any atom is 0.0542 e. The molecule has 0 amide bonds. The molecule has 0 aliphatic carbocycles. The molecule has 0 aromatic heterocycles. The van der Waals surface area contributed by atoms with Crippen molar-refractivity contribution in [3.8, 4) is 0 Å². The van der Waals surface area contributed by atoms with Crippen LogP contribution < -0.4 is 0 Å². The van der Waals surface area contributed by atoms with E-state index in [9.17, 15) is 0 Å². The Hall–Kier alpha value is -0.330. The second-order valence-electron chi connectivity index (χ2n) is 1.90. The Morgan fingerprint density at radius 1 is 1.50 bits per heavy atom. The van der Waals surface area contributed by atoms with Crippen molar-refractivity contribution in [1.82, 2.24) is 0 Å². The molecule has 1 aliphatic heterocycles. The first-order valence-corrected chi connectivity index (χ1v) is 2.34. The van der Waals surface area contributed by atoms with Crippen LogP contribution in [0.25, 0.3) is 0 Å². The summed E-state index contributed by atoms with van der Waals surface area (Å²) in [4.78, 5) is 4.03. The summed E-state index contributed by atoms with van der Waals surface area (Å²) in [6.45, 7) is 4.31. The molecule has 0 aromatic carbocycles. The smallest absolute Gasteiger partial charge is 0.0542 e. The number of hydrogen-bond donors (Lipinski definition) is 0. The van der Waals surface area contributed by atoms with Crippen molar-refractivity contribution < 1.29 is 0 Å². The maximum atomic E-state index is 4.03. The molecule has 0 spiro atoms. The van der Waals surface area contributed by atoms with Gasteiger partial charge < -0.3 is 0 Å². The Balaban J connectivity index is 2.45. The normalized spacial score (nSPS) is 42.3. The largest absolute Gasteiger partial charge is 0.293 e. The molecule has 1 aliphatic rings. The fraction of sp³-hybridized carbons (Fsp3) is 0.800. The molecule has 2 atom stereocenters. The third-order valence-corrected chi connectivity index (χ3v) is 1.32. The molecule has 0 aromatic rings. The van der Waals surface area contributed by atoms with E-state index in [0.29, 0.717) is 6.04 Å². The van der Waals surface area contributed by atoms with Crippen LogP contribution in [-0.4, -0.2) is 12.3 Å². The van der Waals surface area contributed by atoms with Crippen molar-refractivity contribution in [2.24, 2.45) is 10.9 Å². The van der Waals surface area contributed by atoms with Crippen molar-refractivity contribution in [3.05, 3.63) is 0 Å². The van der Waals surface area contributed by atoms with Gasteiger partial charge in [0.25, 0.3) is 0 Å². The zero-order chi connectivity index (χ0) is 4.57. The van der Waals surface area contributed by atoms with Gasteiger partial charge in [-0.2, -0.15) is 0 Å². The third kappa shape index (κ3) is 0.348. The van der Waals surface area contributed by atoms with Crippen LogP contribution in [0, 0.1) is 5.92 Å². The van der Waals surface area contributed by atoms with Gasteiger partial charge in [-0.25, -0.2) is 0 Å². The van der Waals surface area contributed by atoms with Crippen molar-refractivity contribution in [2.45, 2.75) is 19.9 Å². The predicted octanol–water partition coefficient (Wildman–Crippen LogP) is 1.10. The van der Waals surface area contributed by atoms with Crippen LogP contribution in [0.1, 0.15) is 13.8 Å². The second-order valence-corrected chi connectivity index (χ2v) is 1.90. The SMILES string of the molecule is CC1C=N[C@@H]1C. The van der Waals surface area contributed by atoms with Gasteiger partial charge in [0.05, 0.1) is 6.04 Å². The van der Waals surface area contributed by atoms with Crippen LogP contribution in [0.3, 0.4) is 0 Å². The molecule has 1 heteroatoms. The fourth-order valence-electron chi connectivity index (χ4n) is 0.430. The van der Waals surface area contributed by atoms with Gasteiger partial charge in [-0.1, -0.05) is 6.92 Å². The van der Waals surface area contributed by atoms with E-state index < -0.39 is 0 Å². The number of nitrogens with zero attached hydrogens (tertiary/aromatic N) is 1. The molecule has 0 fully saturated rings. The quantitative estimate of drug-likeness (QED) is 0.416. The summed E-state index contributed by atoms with van der Waals surface area (Å²) >= 11 is 0. The Morgan fingerprint density at radius 2 is 2.00 bits per heavy atom. The van der Waals surface area contributed by atoms with Crippen LogP contribution in [-0.2, 0) is 0 Å².